The standard InChI is InChI=1S/C9H10NO2/c1-7-5-3-4-6-9(7)8(2)10(11)12/h3-6H,1-2H3. The Morgan fingerprint density at radius 2 is 2.00 bits per heavy atom. The van der Waals surface area contributed by atoms with Gasteiger partial charge in [-0.15, -0.1) is 0 Å². The van der Waals surface area contributed by atoms with E-state index in [9.17, 15) is 10.1 Å². The fraction of sp³-hybridized carbons (Fsp3) is 0.222. The van der Waals surface area contributed by atoms with Gasteiger partial charge in [-0.05, 0) is 12.5 Å². The van der Waals surface area contributed by atoms with Gasteiger partial charge in [0, 0.05) is 17.4 Å². The average molecular weight is 164 g/mol. The van der Waals surface area contributed by atoms with E-state index in [2.05, 4.69) is 0 Å². The molecule has 0 aromatic heterocycles. The largest absolute Gasteiger partial charge is 0.317 e. The van der Waals surface area contributed by atoms with Gasteiger partial charge in [0.25, 0.3) is 0 Å². The van der Waals surface area contributed by atoms with Crippen LogP contribution in [0.15, 0.2) is 24.3 Å². The van der Waals surface area contributed by atoms with Gasteiger partial charge in [0.2, 0.25) is 0 Å². The zero-order chi connectivity index (χ0) is 9.14. The summed E-state index contributed by atoms with van der Waals surface area (Å²) in [5, 5.41) is 10.4. The van der Waals surface area contributed by atoms with E-state index in [1.807, 2.05) is 19.1 Å². The first-order chi connectivity index (χ1) is 5.63. The summed E-state index contributed by atoms with van der Waals surface area (Å²) in [6.07, 6.45) is 0. The molecule has 0 saturated carbocycles. The van der Waals surface area contributed by atoms with Gasteiger partial charge in [-0.25, -0.2) is 0 Å². The molecule has 63 valence electrons. The summed E-state index contributed by atoms with van der Waals surface area (Å²) < 4.78 is 0. The first-order valence-electron chi connectivity index (χ1n) is 3.67. The predicted octanol–water partition coefficient (Wildman–Crippen LogP) is 2.17. The van der Waals surface area contributed by atoms with Crippen LogP contribution in [0.2, 0.25) is 0 Å². The molecular weight excluding hydrogens is 154 g/mol. The van der Waals surface area contributed by atoms with Crippen molar-refractivity contribution in [3.63, 3.8) is 0 Å². The topological polar surface area (TPSA) is 43.1 Å². The number of hydrogen-bond acceptors (Lipinski definition) is 2. The third-order valence-corrected chi connectivity index (χ3v) is 1.81. The summed E-state index contributed by atoms with van der Waals surface area (Å²) in [6.45, 7) is 3.38. The summed E-state index contributed by atoms with van der Waals surface area (Å²) in [6, 6.07) is 7.49. The van der Waals surface area contributed by atoms with E-state index in [0.29, 0.717) is 5.56 Å². The molecule has 1 aromatic carbocycles. The minimum atomic E-state index is -0.359. The van der Waals surface area contributed by atoms with Gasteiger partial charge in [-0.1, -0.05) is 24.3 Å². The fourth-order valence-corrected chi connectivity index (χ4v) is 1.08. The molecule has 0 aliphatic carbocycles. The molecule has 3 nitrogen and oxygen atoms in total. The third-order valence-electron chi connectivity index (χ3n) is 1.81. The Kier molecular flexibility index (Phi) is 2.43. The lowest BCUT2D eigenvalue weighted by atomic mass is 10.0. The van der Waals surface area contributed by atoms with Crippen molar-refractivity contribution in [1.82, 2.24) is 0 Å². The maximum Gasteiger partial charge on any atom is 0.317 e. The van der Waals surface area contributed by atoms with E-state index in [1.54, 1.807) is 12.1 Å². The first kappa shape index (κ1) is 8.71. The molecule has 0 amide bonds. The van der Waals surface area contributed by atoms with Crippen molar-refractivity contribution < 1.29 is 4.92 Å². The number of benzene rings is 1. The molecule has 0 heterocycles. The smallest absolute Gasteiger partial charge is 0.263 e. The van der Waals surface area contributed by atoms with Crippen LogP contribution < -0.4 is 0 Å². The normalized spacial score (nSPS) is 10.2. The molecule has 1 radical (unpaired) electrons. The van der Waals surface area contributed by atoms with Crippen molar-refractivity contribution in [1.29, 1.82) is 0 Å². The van der Waals surface area contributed by atoms with Gasteiger partial charge < -0.3 is 0 Å². The van der Waals surface area contributed by atoms with Crippen LogP contribution in [-0.2, 0) is 0 Å². The predicted molar refractivity (Wildman–Crippen MR) is 46.2 cm³/mol. The van der Waals surface area contributed by atoms with Crippen LogP contribution in [0.25, 0.3) is 0 Å². The summed E-state index contributed by atoms with van der Waals surface area (Å²) >= 11 is 0. The summed E-state index contributed by atoms with van der Waals surface area (Å²) in [5.41, 5.74) is 1.65. The van der Waals surface area contributed by atoms with Gasteiger partial charge in [0.1, 0.15) is 0 Å². The lowest BCUT2D eigenvalue weighted by molar-refractivity contribution is -0.456. The summed E-state index contributed by atoms with van der Waals surface area (Å²) in [4.78, 5) is 10.1. The molecule has 0 aliphatic heterocycles. The fourth-order valence-electron chi connectivity index (χ4n) is 1.08. The Balaban J connectivity index is 3.02. The zero-order valence-electron chi connectivity index (χ0n) is 7.07. The highest BCUT2D eigenvalue weighted by atomic mass is 16.6. The Bertz CT molecular complexity index is 296. The van der Waals surface area contributed by atoms with Gasteiger partial charge in [-0.2, -0.15) is 0 Å². The molecular formula is C9H10NO2. The average Bonchev–Trinajstić information content (AvgIpc) is 2.04. The molecule has 1 rings (SSSR count). The third kappa shape index (κ3) is 1.61. The number of aryl methyl sites for hydroxylation is 1. The molecule has 0 unspecified atom stereocenters. The van der Waals surface area contributed by atoms with E-state index in [0.717, 1.165) is 5.56 Å². The Hall–Kier alpha value is -1.38. The lowest BCUT2D eigenvalue weighted by Crippen LogP contribution is -2.08. The Labute approximate surface area is 71.2 Å². The van der Waals surface area contributed by atoms with Crippen molar-refractivity contribution in [2.45, 2.75) is 13.8 Å². The Morgan fingerprint density at radius 3 is 2.50 bits per heavy atom. The second-order valence-electron chi connectivity index (χ2n) is 2.66. The van der Waals surface area contributed by atoms with Crippen LogP contribution in [0.3, 0.4) is 0 Å². The molecule has 1 aromatic rings. The molecule has 3 heteroatoms. The second-order valence-corrected chi connectivity index (χ2v) is 2.66. The number of hydrogen-bond donors (Lipinski definition) is 0. The maximum absolute atomic E-state index is 10.4. The molecule has 0 atom stereocenters. The SMILES string of the molecule is C[C](c1ccccc1C)[N+](=O)[O-]. The van der Waals surface area contributed by atoms with E-state index < -0.39 is 0 Å². The monoisotopic (exact) mass is 164 g/mol. The quantitative estimate of drug-likeness (QED) is 0.496. The van der Waals surface area contributed by atoms with Crippen LogP contribution >= 0.6 is 0 Å². The number of nitrogens with zero attached hydrogens (tertiary/aromatic N) is 1. The van der Waals surface area contributed by atoms with Gasteiger partial charge in [0.15, 0.2) is 0 Å². The molecule has 0 saturated heterocycles. The van der Waals surface area contributed by atoms with E-state index >= 15 is 0 Å². The van der Waals surface area contributed by atoms with Gasteiger partial charge in [0.05, 0.1) is 0 Å². The van der Waals surface area contributed by atoms with Crippen molar-refractivity contribution >= 4 is 0 Å². The Morgan fingerprint density at radius 1 is 1.42 bits per heavy atom. The highest BCUT2D eigenvalue weighted by Crippen LogP contribution is 2.17. The van der Waals surface area contributed by atoms with Crippen LogP contribution in [0.5, 0.6) is 0 Å². The van der Waals surface area contributed by atoms with Crippen LogP contribution in [0.4, 0.5) is 0 Å². The van der Waals surface area contributed by atoms with Crippen LogP contribution in [-0.4, -0.2) is 4.92 Å². The van der Waals surface area contributed by atoms with Gasteiger partial charge >= 0.3 is 6.04 Å². The van der Waals surface area contributed by atoms with Crippen molar-refractivity contribution in [3.8, 4) is 0 Å². The number of rotatable bonds is 2. The summed E-state index contributed by atoms with van der Waals surface area (Å²) in [7, 11) is 0. The molecule has 0 aliphatic rings. The molecule has 12 heavy (non-hydrogen) atoms. The highest BCUT2D eigenvalue weighted by molar-refractivity contribution is 5.33. The van der Waals surface area contributed by atoms with Crippen LogP contribution in [0, 0.1) is 23.1 Å². The van der Waals surface area contributed by atoms with Crippen molar-refractivity contribution in [2.75, 3.05) is 0 Å². The zero-order valence-corrected chi connectivity index (χ0v) is 7.07. The molecule has 0 N–H and O–H groups in total. The highest BCUT2D eigenvalue weighted by Gasteiger charge is 2.20. The molecule has 0 fully saturated rings. The van der Waals surface area contributed by atoms with E-state index in [1.165, 1.54) is 6.92 Å². The second kappa shape index (κ2) is 3.34. The summed E-state index contributed by atoms with van der Waals surface area (Å²) in [5.74, 6) is 0. The lowest BCUT2D eigenvalue weighted by Gasteiger charge is -2.04. The maximum atomic E-state index is 10.4. The molecule has 0 bridgehead atoms. The molecule has 0 spiro atoms. The minimum Gasteiger partial charge on any atom is -0.263 e. The van der Waals surface area contributed by atoms with Gasteiger partial charge in [-0.3, -0.25) is 10.1 Å². The van der Waals surface area contributed by atoms with Crippen LogP contribution in [0.1, 0.15) is 18.1 Å². The van der Waals surface area contributed by atoms with Crippen molar-refractivity contribution in [3.05, 3.63) is 51.5 Å². The minimum absolute atomic E-state index is 0.202. The first-order valence-corrected chi connectivity index (χ1v) is 3.67. The van der Waals surface area contributed by atoms with E-state index in [-0.39, 0.29) is 11.0 Å². The van der Waals surface area contributed by atoms with E-state index in [4.69, 9.17) is 0 Å². The van der Waals surface area contributed by atoms with Crippen molar-refractivity contribution in [2.24, 2.45) is 0 Å². The number of nitro groups is 1.